The van der Waals surface area contributed by atoms with Crippen LogP contribution in [0, 0.1) is 0 Å². The van der Waals surface area contributed by atoms with Crippen LogP contribution in [-0.4, -0.2) is 38.7 Å². The second-order valence-corrected chi connectivity index (χ2v) is 7.19. The zero-order valence-electron chi connectivity index (χ0n) is 16.0. The van der Waals surface area contributed by atoms with E-state index in [1.54, 1.807) is 6.20 Å². The number of aromatic nitrogens is 4. The first kappa shape index (κ1) is 17.6. The van der Waals surface area contributed by atoms with Gasteiger partial charge in [-0.2, -0.15) is 0 Å². The third-order valence-corrected chi connectivity index (χ3v) is 5.23. The molecule has 5 rings (SSSR count). The molecule has 0 amide bonds. The van der Waals surface area contributed by atoms with E-state index in [-0.39, 0.29) is 0 Å². The summed E-state index contributed by atoms with van der Waals surface area (Å²) in [4.78, 5) is 4.38. The van der Waals surface area contributed by atoms with Gasteiger partial charge in [0.05, 0.1) is 5.52 Å². The number of pyridine rings is 2. The van der Waals surface area contributed by atoms with Crippen LogP contribution >= 0.6 is 0 Å². The lowest BCUT2D eigenvalue weighted by atomic mass is 10.2. The number of hydrogen-bond donors (Lipinski definition) is 2. The topological polar surface area (TPSA) is 76.4 Å². The van der Waals surface area contributed by atoms with Gasteiger partial charge in [0.25, 0.3) is 0 Å². The van der Waals surface area contributed by atoms with Crippen molar-refractivity contribution in [1.82, 2.24) is 30.2 Å². The quantitative estimate of drug-likeness (QED) is 0.531. The maximum Gasteiger partial charge on any atom is 0.175 e. The van der Waals surface area contributed by atoms with E-state index in [9.17, 15) is 0 Å². The van der Waals surface area contributed by atoms with Gasteiger partial charge in [0, 0.05) is 41.6 Å². The maximum atomic E-state index is 6.07. The molecule has 1 atom stereocenters. The van der Waals surface area contributed by atoms with Crippen molar-refractivity contribution in [3.05, 3.63) is 72.8 Å². The molecule has 1 aromatic carbocycles. The van der Waals surface area contributed by atoms with E-state index in [0.717, 1.165) is 58.9 Å². The lowest BCUT2D eigenvalue weighted by Gasteiger charge is -2.15. The molecule has 2 N–H and O–H groups in total. The van der Waals surface area contributed by atoms with E-state index in [4.69, 9.17) is 4.74 Å². The summed E-state index contributed by atoms with van der Waals surface area (Å²) in [5, 5.41) is 16.4. The number of fused-ring (bicyclic) bond motifs is 2. The van der Waals surface area contributed by atoms with Crippen LogP contribution in [0.25, 0.3) is 22.2 Å². The molecule has 4 aromatic rings. The van der Waals surface area contributed by atoms with Crippen molar-refractivity contribution >= 4 is 22.2 Å². The van der Waals surface area contributed by atoms with Crippen molar-refractivity contribution < 1.29 is 4.74 Å². The van der Waals surface area contributed by atoms with E-state index in [1.807, 2.05) is 53.1 Å². The summed E-state index contributed by atoms with van der Waals surface area (Å²) < 4.78 is 8.03. The van der Waals surface area contributed by atoms with Crippen LogP contribution < -0.4 is 15.4 Å². The van der Waals surface area contributed by atoms with Crippen molar-refractivity contribution in [2.45, 2.75) is 19.1 Å². The molecule has 7 nitrogen and oxygen atoms in total. The van der Waals surface area contributed by atoms with Gasteiger partial charge in [0.15, 0.2) is 11.5 Å². The van der Waals surface area contributed by atoms with Crippen molar-refractivity contribution in [3.63, 3.8) is 0 Å². The Morgan fingerprint density at radius 3 is 3.03 bits per heavy atom. The van der Waals surface area contributed by atoms with Gasteiger partial charge in [-0.3, -0.25) is 9.38 Å². The number of nitrogens with one attached hydrogen (secondary N) is 2. The zero-order chi connectivity index (χ0) is 19.6. The van der Waals surface area contributed by atoms with Crippen LogP contribution in [0.2, 0.25) is 0 Å². The minimum atomic E-state index is 0.311. The molecular formula is C22H22N6O. The zero-order valence-corrected chi connectivity index (χ0v) is 16.0. The first-order valence-corrected chi connectivity index (χ1v) is 9.75. The predicted molar refractivity (Wildman–Crippen MR) is 113 cm³/mol. The molecule has 1 saturated heterocycles. The van der Waals surface area contributed by atoms with Crippen molar-refractivity contribution in [2.75, 3.05) is 13.1 Å². The van der Waals surface area contributed by atoms with Gasteiger partial charge < -0.3 is 15.4 Å². The fourth-order valence-corrected chi connectivity index (χ4v) is 3.66. The second kappa shape index (κ2) is 7.52. The highest BCUT2D eigenvalue weighted by molar-refractivity contribution is 5.84. The summed E-state index contributed by atoms with van der Waals surface area (Å²) in [5.41, 5.74) is 3.60. The number of benzene rings is 1. The van der Waals surface area contributed by atoms with Gasteiger partial charge in [-0.1, -0.05) is 18.7 Å². The minimum absolute atomic E-state index is 0.311. The summed E-state index contributed by atoms with van der Waals surface area (Å²) in [6, 6.07) is 14.2. The second-order valence-electron chi connectivity index (χ2n) is 7.19. The van der Waals surface area contributed by atoms with Gasteiger partial charge in [-0.15, -0.1) is 10.2 Å². The Balaban J connectivity index is 1.38. The molecule has 3 aromatic heterocycles. The van der Waals surface area contributed by atoms with E-state index in [1.165, 1.54) is 0 Å². The Kier molecular flexibility index (Phi) is 4.57. The largest absolute Gasteiger partial charge is 0.485 e. The summed E-state index contributed by atoms with van der Waals surface area (Å²) in [5.74, 6) is 1.52. The summed E-state index contributed by atoms with van der Waals surface area (Å²) >= 11 is 0. The van der Waals surface area contributed by atoms with Crippen molar-refractivity contribution in [1.29, 1.82) is 0 Å². The Morgan fingerprint density at radius 2 is 2.14 bits per heavy atom. The van der Waals surface area contributed by atoms with E-state index >= 15 is 0 Å². The molecule has 0 spiro atoms. The molecule has 0 bridgehead atoms. The molecule has 0 saturated carbocycles. The highest BCUT2D eigenvalue weighted by Gasteiger charge is 2.15. The number of para-hydroxylation sites is 1. The van der Waals surface area contributed by atoms with Gasteiger partial charge in [0.2, 0.25) is 0 Å². The molecule has 1 aliphatic heterocycles. The highest BCUT2D eigenvalue weighted by atomic mass is 16.5. The van der Waals surface area contributed by atoms with Crippen LogP contribution in [0.3, 0.4) is 0 Å². The fourth-order valence-electron chi connectivity index (χ4n) is 3.66. The van der Waals surface area contributed by atoms with Gasteiger partial charge in [-0.05, 0) is 43.3 Å². The normalized spacial score (nSPS) is 16.3. The monoisotopic (exact) mass is 386 g/mol. The summed E-state index contributed by atoms with van der Waals surface area (Å²) in [6.07, 6.45) is 4.87. The lowest BCUT2D eigenvalue weighted by molar-refractivity contribution is 0.298. The van der Waals surface area contributed by atoms with Crippen molar-refractivity contribution in [2.24, 2.45) is 0 Å². The Morgan fingerprint density at radius 1 is 1.21 bits per heavy atom. The molecular weight excluding hydrogens is 364 g/mol. The van der Waals surface area contributed by atoms with Gasteiger partial charge in [0.1, 0.15) is 12.4 Å². The van der Waals surface area contributed by atoms with Crippen LogP contribution in [0.5, 0.6) is 5.75 Å². The molecule has 1 unspecified atom stereocenters. The van der Waals surface area contributed by atoms with E-state index in [2.05, 4.69) is 32.4 Å². The average Bonchev–Trinajstić information content (AvgIpc) is 3.41. The molecule has 0 radical (unpaired) electrons. The van der Waals surface area contributed by atoms with Gasteiger partial charge >= 0.3 is 0 Å². The molecule has 0 aliphatic carbocycles. The maximum absolute atomic E-state index is 6.07. The molecule has 7 heteroatoms. The minimum Gasteiger partial charge on any atom is -0.485 e. The number of hydrogen-bond acceptors (Lipinski definition) is 6. The van der Waals surface area contributed by atoms with Crippen LogP contribution in [0.1, 0.15) is 17.8 Å². The number of nitrogens with zero attached hydrogens (tertiary/aromatic N) is 4. The smallest absolute Gasteiger partial charge is 0.175 e. The third kappa shape index (κ3) is 3.52. The number of rotatable bonds is 6. The average molecular weight is 386 g/mol. The first-order valence-electron chi connectivity index (χ1n) is 9.75. The Bertz CT molecular complexity index is 1170. The van der Waals surface area contributed by atoms with Crippen LogP contribution in [-0.2, 0) is 6.61 Å². The summed E-state index contributed by atoms with van der Waals surface area (Å²) in [7, 11) is 0. The molecule has 4 heterocycles. The number of ether oxygens (including phenoxy) is 1. The van der Waals surface area contributed by atoms with Crippen LogP contribution in [0.15, 0.2) is 61.4 Å². The van der Waals surface area contributed by atoms with E-state index in [0.29, 0.717) is 12.6 Å². The first-order chi connectivity index (χ1) is 14.3. The highest BCUT2D eigenvalue weighted by Crippen LogP contribution is 2.24. The van der Waals surface area contributed by atoms with Gasteiger partial charge in [-0.25, -0.2) is 0 Å². The Labute approximate surface area is 168 Å². The SMILES string of the molecule is C=C(NC1CCNC1)c1ccc2nnc(COc3ccnc4ccccc34)n2c1. The fraction of sp³-hybridized carbons (Fsp3) is 0.227. The lowest BCUT2D eigenvalue weighted by Crippen LogP contribution is -2.29. The van der Waals surface area contributed by atoms with Crippen LogP contribution in [0.4, 0.5) is 0 Å². The van der Waals surface area contributed by atoms with E-state index < -0.39 is 0 Å². The molecule has 1 aliphatic rings. The molecule has 1 fully saturated rings. The predicted octanol–water partition coefficient (Wildman–Crippen LogP) is 2.78. The Hall–Kier alpha value is -3.45. The standard InChI is InChI=1S/C22H22N6O/c1-15(25-17-8-10-23-12-17)16-6-7-21-26-27-22(28(21)13-16)14-29-20-9-11-24-19-5-3-2-4-18(19)20/h2-7,9,11,13,17,23,25H,1,8,10,12,14H2. The third-order valence-electron chi connectivity index (χ3n) is 5.23. The van der Waals surface area contributed by atoms with Crippen molar-refractivity contribution in [3.8, 4) is 5.75 Å². The molecule has 29 heavy (non-hydrogen) atoms. The summed E-state index contributed by atoms with van der Waals surface area (Å²) in [6.45, 7) is 6.52. The molecule has 146 valence electrons.